The van der Waals surface area contributed by atoms with Gasteiger partial charge in [0.15, 0.2) is 17.9 Å². The van der Waals surface area contributed by atoms with Crippen LogP contribution in [-0.2, 0) is 9.47 Å². The van der Waals surface area contributed by atoms with Crippen LogP contribution >= 0.6 is 0 Å². The molecular weight excluding hydrogens is 322 g/mol. The molecule has 0 bridgehead atoms. The minimum atomic E-state index is -0.860. The van der Waals surface area contributed by atoms with Crippen LogP contribution < -0.4 is 0 Å². The van der Waals surface area contributed by atoms with E-state index < -0.39 is 17.9 Å². The molecule has 1 aromatic carbocycles. The minimum Gasteiger partial charge on any atom is -0.348 e. The SMILES string of the molecule is CCC/C=C/[C@H]1CC[C@H](C2COC(c3ccc(F)c(F)c3)OC2)CC1. The van der Waals surface area contributed by atoms with Crippen molar-refractivity contribution in [2.75, 3.05) is 13.2 Å². The van der Waals surface area contributed by atoms with Crippen molar-refractivity contribution in [1.29, 1.82) is 0 Å². The normalized spacial score (nSPS) is 30.7. The second kappa shape index (κ2) is 8.91. The van der Waals surface area contributed by atoms with E-state index in [4.69, 9.17) is 9.47 Å². The van der Waals surface area contributed by atoms with Gasteiger partial charge >= 0.3 is 0 Å². The van der Waals surface area contributed by atoms with E-state index in [1.54, 1.807) is 0 Å². The minimum absolute atomic E-state index is 0.405. The Hall–Kier alpha value is -1.26. The van der Waals surface area contributed by atoms with E-state index in [-0.39, 0.29) is 0 Å². The van der Waals surface area contributed by atoms with Crippen molar-refractivity contribution < 1.29 is 18.3 Å². The van der Waals surface area contributed by atoms with Gasteiger partial charge in [-0.1, -0.05) is 31.6 Å². The Labute approximate surface area is 149 Å². The Kier molecular flexibility index (Phi) is 6.60. The zero-order valence-electron chi connectivity index (χ0n) is 14.9. The quantitative estimate of drug-likeness (QED) is 0.626. The predicted octanol–water partition coefficient (Wildman–Crippen LogP) is 5.79. The van der Waals surface area contributed by atoms with Crippen LogP contribution in [0.25, 0.3) is 0 Å². The molecule has 3 rings (SSSR count). The van der Waals surface area contributed by atoms with Crippen molar-refractivity contribution in [3.8, 4) is 0 Å². The summed E-state index contributed by atoms with van der Waals surface area (Å²) in [7, 11) is 0. The standard InChI is InChI=1S/C21H28F2O2/c1-2-3-4-5-15-6-8-16(9-7-15)18-13-24-21(25-14-18)17-10-11-19(22)20(23)12-17/h4-5,10-12,15-16,18,21H,2-3,6-9,13-14H2,1H3/b5-4+/t15-,16-,18?,21?. The average molecular weight is 350 g/mol. The van der Waals surface area contributed by atoms with E-state index in [1.807, 2.05) is 0 Å². The maximum atomic E-state index is 13.4. The van der Waals surface area contributed by atoms with Crippen molar-refractivity contribution in [1.82, 2.24) is 0 Å². The van der Waals surface area contributed by atoms with E-state index >= 15 is 0 Å². The summed E-state index contributed by atoms with van der Waals surface area (Å²) in [5.41, 5.74) is 0.544. The van der Waals surface area contributed by atoms with Crippen LogP contribution in [-0.4, -0.2) is 13.2 Å². The molecular formula is C21H28F2O2. The monoisotopic (exact) mass is 350 g/mol. The lowest BCUT2D eigenvalue weighted by Gasteiger charge is -2.37. The van der Waals surface area contributed by atoms with E-state index in [0.29, 0.717) is 30.6 Å². The number of halogens is 2. The topological polar surface area (TPSA) is 18.5 Å². The molecule has 0 spiro atoms. The fourth-order valence-electron chi connectivity index (χ4n) is 3.91. The number of ether oxygens (including phenoxy) is 2. The summed E-state index contributed by atoms with van der Waals surface area (Å²) in [5.74, 6) is 0.0652. The molecule has 2 aliphatic rings. The molecule has 4 heteroatoms. The maximum Gasteiger partial charge on any atom is 0.183 e. The molecule has 138 valence electrons. The molecule has 2 fully saturated rings. The molecule has 1 aromatic rings. The van der Waals surface area contributed by atoms with Gasteiger partial charge in [0.1, 0.15) is 0 Å². The lowest BCUT2D eigenvalue weighted by molar-refractivity contribution is -0.214. The van der Waals surface area contributed by atoms with Crippen molar-refractivity contribution in [3.63, 3.8) is 0 Å². The molecule has 1 heterocycles. The number of benzene rings is 1. The van der Waals surface area contributed by atoms with Crippen molar-refractivity contribution >= 4 is 0 Å². The third kappa shape index (κ3) is 4.89. The highest BCUT2D eigenvalue weighted by molar-refractivity contribution is 5.19. The Morgan fingerprint density at radius 1 is 1.00 bits per heavy atom. The van der Waals surface area contributed by atoms with Gasteiger partial charge in [-0.2, -0.15) is 0 Å². The molecule has 2 nitrogen and oxygen atoms in total. The zero-order valence-corrected chi connectivity index (χ0v) is 14.9. The first-order valence-electron chi connectivity index (χ1n) is 9.52. The molecule has 1 saturated heterocycles. The largest absolute Gasteiger partial charge is 0.348 e. The van der Waals surface area contributed by atoms with Gasteiger partial charge in [-0.05, 0) is 56.1 Å². The van der Waals surface area contributed by atoms with Crippen LogP contribution in [0.1, 0.15) is 57.3 Å². The van der Waals surface area contributed by atoms with E-state index in [9.17, 15) is 8.78 Å². The molecule has 0 N–H and O–H groups in total. The van der Waals surface area contributed by atoms with Crippen LogP contribution in [0.3, 0.4) is 0 Å². The Bertz CT molecular complexity index is 571. The van der Waals surface area contributed by atoms with E-state index in [0.717, 1.165) is 18.1 Å². The van der Waals surface area contributed by atoms with Crippen LogP contribution in [0.4, 0.5) is 8.78 Å². The highest BCUT2D eigenvalue weighted by atomic mass is 19.2. The summed E-state index contributed by atoms with van der Waals surface area (Å²) in [6.45, 7) is 3.47. The molecule has 0 radical (unpaired) electrons. The first kappa shape index (κ1) is 18.5. The molecule has 1 aliphatic carbocycles. The van der Waals surface area contributed by atoms with Crippen LogP contribution in [0.5, 0.6) is 0 Å². The van der Waals surface area contributed by atoms with Crippen molar-refractivity contribution in [2.24, 2.45) is 17.8 Å². The Morgan fingerprint density at radius 3 is 2.36 bits per heavy atom. The number of rotatable bonds is 5. The molecule has 1 aliphatic heterocycles. The van der Waals surface area contributed by atoms with Gasteiger partial charge in [-0.3, -0.25) is 0 Å². The van der Waals surface area contributed by atoms with Crippen LogP contribution in [0, 0.1) is 29.4 Å². The van der Waals surface area contributed by atoms with Crippen molar-refractivity contribution in [3.05, 3.63) is 47.5 Å². The molecule has 0 atom stereocenters. The summed E-state index contributed by atoms with van der Waals surface area (Å²) >= 11 is 0. The fraction of sp³-hybridized carbons (Fsp3) is 0.619. The predicted molar refractivity (Wildman–Crippen MR) is 94.0 cm³/mol. The second-order valence-corrected chi connectivity index (χ2v) is 7.32. The molecule has 0 unspecified atom stereocenters. The lowest BCUT2D eigenvalue weighted by atomic mass is 9.76. The summed E-state index contributed by atoms with van der Waals surface area (Å²) < 4.78 is 38.0. The average Bonchev–Trinajstić information content (AvgIpc) is 2.65. The first-order valence-corrected chi connectivity index (χ1v) is 9.52. The maximum absolute atomic E-state index is 13.4. The third-order valence-electron chi connectivity index (χ3n) is 5.49. The van der Waals surface area contributed by atoms with Gasteiger partial charge in [0, 0.05) is 11.5 Å². The van der Waals surface area contributed by atoms with Crippen LogP contribution in [0.15, 0.2) is 30.4 Å². The second-order valence-electron chi connectivity index (χ2n) is 7.32. The molecule has 0 amide bonds. The molecule has 0 aromatic heterocycles. The van der Waals surface area contributed by atoms with Crippen LogP contribution in [0.2, 0.25) is 0 Å². The Morgan fingerprint density at radius 2 is 1.72 bits per heavy atom. The van der Waals surface area contributed by atoms with Gasteiger partial charge in [-0.15, -0.1) is 0 Å². The fourth-order valence-corrected chi connectivity index (χ4v) is 3.91. The van der Waals surface area contributed by atoms with Gasteiger partial charge in [0.2, 0.25) is 0 Å². The van der Waals surface area contributed by atoms with Gasteiger partial charge in [-0.25, -0.2) is 8.78 Å². The summed E-state index contributed by atoms with van der Waals surface area (Å²) in [4.78, 5) is 0. The highest BCUT2D eigenvalue weighted by Gasteiger charge is 2.32. The Balaban J connectivity index is 1.46. The van der Waals surface area contributed by atoms with E-state index in [2.05, 4.69) is 19.1 Å². The summed E-state index contributed by atoms with van der Waals surface area (Å²) in [6, 6.07) is 3.81. The molecule has 25 heavy (non-hydrogen) atoms. The van der Waals surface area contributed by atoms with Gasteiger partial charge in [0.25, 0.3) is 0 Å². The number of hydrogen-bond acceptors (Lipinski definition) is 2. The first-order chi connectivity index (χ1) is 12.2. The molecule has 1 saturated carbocycles. The lowest BCUT2D eigenvalue weighted by Crippen LogP contribution is -2.34. The van der Waals surface area contributed by atoms with Crippen molar-refractivity contribution in [2.45, 2.75) is 51.7 Å². The smallest absolute Gasteiger partial charge is 0.183 e. The van der Waals surface area contributed by atoms with Gasteiger partial charge in [0.05, 0.1) is 13.2 Å². The highest BCUT2D eigenvalue weighted by Crippen LogP contribution is 2.37. The van der Waals surface area contributed by atoms with Gasteiger partial charge < -0.3 is 9.47 Å². The number of hydrogen-bond donors (Lipinski definition) is 0. The third-order valence-corrected chi connectivity index (χ3v) is 5.49. The van der Waals surface area contributed by atoms with E-state index in [1.165, 1.54) is 44.6 Å². The summed E-state index contributed by atoms with van der Waals surface area (Å²) in [5, 5.41) is 0. The number of allylic oxidation sites excluding steroid dienone is 2. The number of unbranched alkanes of at least 4 members (excludes halogenated alkanes) is 1. The summed E-state index contributed by atoms with van der Waals surface area (Å²) in [6.07, 6.45) is 11.4. The zero-order chi connectivity index (χ0) is 17.6.